The van der Waals surface area contributed by atoms with Crippen molar-refractivity contribution in [1.82, 2.24) is 10.6 Å². The summed E-state index contributed by atoms with van der Waals surface area (Å²) in [4.78, 5) is 24.8. The van der Waals surface area contributed by atoms with Crippen LogP contribution >= 0.6 is 0 Å². The summed E-state index contributed by atoms with van der Waals surface area (Å²) in [5.74, 6) is 1.04. The number of hydrogen-bond donors (Lipinski definition) is 4. The van der Waals surface area contributed by atoms with Crippen LogP contribution in [0.3, 0.4) is 0 Å². The summed E-state index contributed by atoms with van der Waals surface area (Å²) in [5, 5.41) is 5.60. The lowest BCUT2D eigenvalue weighted by atomic mass is 10.1. The minimum atomic E-state index is -0.668. The van der Waals surface area contributed by atoms with Gasteiger partial charge in [0.15, 0.2) is 0 Å². The molecule has 0 unspecified atom stereocenters. The van der Waals surface area contributed by atoms with Gasteiger partial charge in [-0.05, 0) is 59.4 Å². The topological polar surface area (TPSA) is 147 Å². The fourth-order valence-electron chi connectivity index (χ4n) is 4.70. The van der Waals surface area contributed by atoms with Gasteiger partial charge in [0.1, 0.15) is 24.7 Å². The predicted molar refractivity (Wildman–Crippen MR) is 185 cm³/mol. The molecule has 10 heteroatoms. The molecular weight excluding hydrogens is 608 g/mol. The van der Waals surface area contributed by atoms with Crippen molar-refractivity contribution in [2.75, 3.05) is 39.5 Å². The molecule has 0 saturated carbocycles. The molecule has 0 saturated heterocycles. The molecule has 0 radical (unpaired) electrons. The molecule has 0 spiro atoms. The molecule has 48 heavy (non-hydrogen) atoms. The fraction of sp³-hybridized carbons (Fsp3) is 0.316. The van der Waals surface area contributed by atoms with Gasteiger partial charge in [-0.3, -0.25) is 9.59 Å². The molecule has 0 fully saturated rings. The Hall–Kier alpha value is -4.74. The van der Waals surface area contributed by atoms with Gasteiger partial charge in [-0.2, -0.15) is 0 Å². The molecular formula is C38H46N4O6. The number of amides is 2. The molecule has 0 aromatic heterocycles. The molecule has 254 valence electrons. The van der Waals surface area contributed by atoms with Crippen LogP contribution in [0.25, 0.3) is 0 Å². The van der Waals surface area contributed by atoms with E-state index in [2.05, 4.69) is 10.6 Å². The summed E-state index contributed by atoms with van der Waals surface area (Å²) >= 11 is 0. The van der Waals surface area contributed by atoms with Crippen LogP contribution in [0.2, 0.25) is 0 Å². The van der Waals surface area contributed by atoms with Gasteiger partial charge in [0.05, 0.1) is 38.5 Å². The average Bonchev–Trinajstić information content (AvgIpc) is 3.12. The molecule has 0 aliphatic rings. The van der Waals surface area contributed by atoms with Crippen molar-refractivity contribution in [2.24, 2.45) is 11.5 Å². The summed E-state index contributed by atoms with van der Waals surface area (Å²) in [6, 6.07) is 33.8. The second-order valence-corrected chi connectivity index (χ2v) is 11.3. The van der Waals surface area contributed by atoms with Crippen molar-refractivity contribution in [3.05, 3.63) is 131 Å². The van der Waals surface area contributed by atoms with E-state index in [1.165, 1.54) is 0 Å². The van der Waals surface area contributed by atoms with E-state index < -0.39 is 12.1 Å². The highest BCUT2D eigenvalue weighted by Crippen LogP contribution is 2.16. The van der Waals surface area contributed by atoms with Crippen LogP contribution in [0.1, 0.15) is 22.3 Å². The molecule has 0 aliphatic heterocycles. The smallest absolute Gasteiger partial charge is 0.237 e. The third-order valence-electron chi connectivity index (χ3n) is 7.39. The molecule has 2 amide bonds. The normalized spacial score (nSPS) is 12.1. The molecule has 0 aliphatic carbocycles. The maximum absolute atomic E-state index is 12.4. The highest BCUT2D eigenvalue weighted by molar-refractivity contribution is 5.82. The third kappa shape index (κ3) is 13.5. The first kappa shape index (κ1) is 36.1. The second kappa shape index (κ2) is 20.5. The monoisotopic (exact) mass is 654 g/mol. The van der Waals surface area contributed by atoms with Gasteiger partial charge < -0.3 is 41.0 Å². The molecule has 0 bridgehead atoms. The summed E-state index contributed by atoms with van der Waals surface area (Å²) in [6.45, 7) is 3.06. The minimum absolute atomic E-state index is 0.238. The Morgan fingerprint density at radius 2 is 0.875 bits per heavy atom. The van der Waals surface area contributed by atoms with E-state index in [4.69, 9.17) is 30.4 Å². The maximum atomic E-state index is 12.4. The Morgan fingerprint density at radius 1 is 0.500 bits per heavy atom. The number of carbonyl (C=O) groups is 2. The van der Waals surface area contributed by atoms with Crippen LogP contribution in [-0.4, -0.2) is 63.4 Å². The van der Waals surface area contributed by atoms with Gasteiger partial charge >= 0.3 is 0 Å². The number of nitrogens with one attached hydrogen (secondary N) is 2. The largest absolute Gasteiger partial charge is 0.489 e. The van der Waals surface area contributed by atoms with Gasteiger partial charge in [0, 0.05) is 13.1 Å². The van der Waals surface area contributed by atoms with E-state index >= 15 is 0 Å². The van der Waals surface area contributed by atoms with Crippen LogP contribution in [0.15, 0.2) is 109 Å². The summed E-state index contributed by atoms with van der Waals surface area (Å²) in [6.07, 6.45) is 0.831. The maximum Gasteiger partial charge on any atom is 0.237 e. The van der Waals surface area contributed by atoms with E-state index in [0.717, 1.165) is 33.8 Å². The zero-order valence-electron chi connectivity index (χ0n) is 27.2. The van der Waals surface area contributed by atoms with E-state index in [1.807, 2.05) is 109 Å². The zero-order chi connectivity index (χ0) is 33.8. The number of ether oxygens (including phenoxy) is 4. The molecule has 4 aromatic rings. The van der Waals surface area contributed by atoms with Crippen LogP contribution in [0.4, 0.5) is 0 Å². The van der Waals surface area contributed by atoms with E-state index in [9.17, 15) is 9.59 Å². The van der Waals surface area contributed by atoms with Gasteiger partial charge in [-0.1, -0.05) is 84.9 Å². The van der Waals surface area contributed by atoms with Crippen molar-refractivity contribution >= 4 is 11.8 Å². The van der Waals surface area contributed by atoms with Crippen LogP contribution < -0.4 is 31.6 Å². The van der Waals surface area contributed by atoms with Crippen molar-refractivity contribution in [1.29, 1.82) is 0 Å². The average molecular weight is 655 g/mol. The Labute approximate surface area is 282 Å². The number of nitrogens with two attached hydrogens (primary N) is 2. The highest BCUT2D eigenvalue weighted by Gasteiger charge is 2.15. The lowest BCUT2D eigenvalue weighted by molar-refractivity contribution is -0.123. The first-order valence-corrected chi connectivity index (χ1v) is 16.2. The zero-order valence-corrected chi connectivity index (χ0v) is 27.2. The SMILES string of the molecule is N[C@@H](Cc1ccc(OCc2ccccc2)cc1)C(=O)NCCOCCOCCNC(=O)[C@@H](N)Cc1ccc(OCc2ccccc2)cc1. The lowest BCUT2D eigenvalue weighted by Crippen LogP contribution is -2.43. The number of rotatable bonds is 21. The Morgan fingerprint density at radius 3 is 1.25 bits per heavy atom. The summed E-state index contributed by atoms with van der Waals surface area (Å²) < 4.78 is 22.7. The van der Waals surface area contributed by atoms with E-state index in [1.54, 1.807) is 0 Å². The molecule has 2 atom stereocenters. The number of hydrogen-bond acceptors (Lipinski definition) is 8. The van der Waals surface area contributed by atoms with Crippen molar-refractivity contribution in [3.8, 4) is 11.5 Å². The Kier molecular flexibility index (Phi) is 15.4. The number of benzene rings is 4. The fourth-order valence-corrected chi connectivity index (χ4v) is 4.70. The van der Waals surface area contributed by atoms with Crippen molar-refractivity contribution < 1.29 is 28.5 Å². The van der Waals surface area contributed by atoms with Crippen LogP contribution in [-0.2, 0) is 45.1 Å². The molecule has 10 nitrogen and oxygen atoms in total. The highest BCUT2D eigenvalue weighted by atomic mass is 16.5. The van der Waals surface area contributed by atoms with Gasteiger partial charge in [0.25, 0.3) is 0 Å². The Bertz CT molecular complexity index is 1370. The quantitative estimate of drug-likeness (QED) is 0.0999. The van der Waals surface area contributed by atoms with Gasteiger partial charge in [-0.25, -0.2) is 0 Å². The van der Waals surface area contributed by atoms with E-state index in [0.29, 0.717) is 65.6 Å². The van der Waals surface area contributed by atoms with E-state index in [-0.39, 0.29) is 11.8 Å². The van der Waals surface area contributed by atoms with Crippen molar-refractivity contribution in [2.45, 2.75) is 38.1 Å². The number of carbonyl (C=O) groups excluding carboxylic acids is 2. The minimum Gasteiger partial charge on any atom is -0.489 e. The van der Waals surface area contributed by atoms with Crippen molar-refractivity contribution in [3.63, 3.8) is 0 Å². The molecule has 0 heterocycles. The second-order valence-electron chi connectivity index (χ2n) is 11.3. The third-order valence-corrected chi connectivity index (χ3v) is 7.39. The lowest BCUT2D eigenvalue weighted by Gasteiger charge is -2.14. The first-order chi connectivity index (χ1) is 23.5. The first-order valence-electron chi connectivity index (χ1n) is 16.2. The molecule has 6 N–H and O–H groups in total. The van der Waals surface area contributed by atoms with Crippen LogP contribution in [0, 0.1) is 0 Å². The summed E-state index contributed by atoms with van der Waals surface area (Å²) in [7, 11) is 0. The van der Waals surface area contributed by atoms with Gasteiger partial charge in [0.2, 0.25) is 11.8 Å². The molecule has 4 rings (SSSR count). The standard InChI is InChI=1S/C38H46N4O6/c39-35(25-29-11-15-33(16-12-29)47-27-31-7-3-1-4-8-31)37(43)41-19-21-45-23-24-46-22-20-42-38(44)36(40)26-30-13-17-34(18-14-30)48-28-32-9-5-2-6-10-32/h1-18,35-36H,19-28,39-40H2,(H,41,43)(H,42,44)/t35-,36-/m0/s1. The van der Waals surface area contributed by atoms with Crippen LogP contribution in [0.5, 0.6) is 11.5 Å². The van der Waals surface area contributed by atoms with Gasteiger partial charge in [-0.15, -0.1) is 0 Å². The molecule has 4 aromatic carbocycles. The Balaban J connectivity index is 0.972. The summed E-state index contributed by atoms with van der Waals surface area (Å²) in [5.41, 5.74) is 16.3. The predicted octanol–water partition coefficient (Wildman–Crippen LogP) is 3.55.